The van der Waals surface area contributed by atoms with E-state index in [0.29, 0.717) is 0 Å². The molecule has 0 aliphatic carbocycles. The zero-order valence-corrected chi connectivity index (χ0v) is 8.82. The minimum atomic E-state index is 0.0262. The van der Waals surface area contributed by atoms with Crippen LogP contribution in [0.5, 0.6) is 0 Å². The highest BCUT2D eigenvalue weighted by Gasteiger charge is 2.18. The van der Waals surface area contributed by atoms with Gasteiger partial charge in [-0.15, -0.1) is 0 Å². The lowest BCUT2D eigenvalue weighted by Gasteiger charge is -2.31. The van der Waals surface area contributed by atoms with E-state index < -0.39 is 0 Å². The number of morpholine rings is 1. The van der Waals surface area contributed by atoms with E-state index in [2.05, 4.69) is 4.90 Å². The van der Waals surface area contributed by atoms with Crippen molar-refractivity contribution in [1.82, 2.24) is 4.90 Å². The molecule has 1 rings (SSSR count). The third-order valence-electron chi connectivity index (χ3n) is 2.61. The smallest absolute Gasteiger partial charge is 0.0932 e. The lowest BCUT2D eigenvalue weighted by Crippen LogP contribution is -2.44. The first-order chi connectivity index (χ1) is 6.86. The van der Waals surface area contributed by atoms with Crippen molar-refractivity contribution in [3.8, 4) is 0 Å². The SMILES string of the molecule is NCCCCCN1CCOC(CO)C1. The Morgan fingerprint density at radius 2 is 2.21 bits per heavy atom. The number of ether oxygens (including phenoxy) is 1. The number of hydrogen-bond acceptors (Lipinski definition) is 4. The van der Waals surface area contributed by atoms with Crippen LogP contribution < -0.4 is 5.73 Å². The topological polar surface area (TPSA) is 58.7 Å². The fourth-order valence-corrected chi connectivity index (χ4v) is 1.75. The van der Waals surface area contributed by atoms with Gasteiger partial charge in [-0.05, 0) is 25.9 Å². The van der Waals surface area contributed by atoms with Crippen molar-refractivity contribution in [1.29, 1.82) is 0 Å². The lowest BCUT2D eigenvalue weighted by atomic mass is 10.2. The van der Waals surface area contributed by atoms with Crippen molar-refractivity contribution in [2.24, 2.45) is 5.73 Å². The van der Waals surface area contributed by atoms with Gasteiger partial charge < -0.3 is 15.6 Å². The monoisotopic (exact) mass is 202 g/mol. The molecule has 1 atom stereocenters. The van der Waals surface area contributed by atoms with Gasteiger partial charge in [-0.1, -0.05) is 6.42 Å². The van der Waals surface area contributed by atoms with Crippen LogP contribution in [0.25, 0.3) is 0 Å². The number of aliphatic hydroxyl groups is 1. The maximum absolute atomic E-state index is 8.95. The van der Waals surface area contributed by atoms with E-state index >= 15 is 0 Å². The molecule has 0 amide bonds. The Morgan fingerprint density at radius 1 is 1.36 bits per heavy atom. The van der Waals surface area contributed by atoms with E-state index in [1.165, 1.54) is 12.8 Å². The van der Waals surface area contributed by atoms with Crippen LogP contribution in [0, 0.1) is 0 Å². The molecule has 0 aromatic heterocycles. The first kappa shape index (κ1) is 11.9. The van der Waals surface area contributed by atoms with Crippen molar-refractivity contribution < 1.29 is 9.84 Å². The first-order valence-electron chi connectivity index (χ1n) is 5.51. The van der Waals surface area contributed by atoms with Gasteiger partial charge in [0.1, 0.15) is 0 Å². The molecule has 1 unspecified atom stereocenters. The van der Waals surface area contributed by atoms with E-state index in [1.807, 2.05) is 0 Å². The number of unbranched alkanes of at least 4 members (excludes halogenated alkanes) is 2. The van der Waals surface area contributed by atoms with E-state index in [4.69, 9.17) is 15.6 Å². The molecule has 1 saturated heterocycles. The highest BCUT2D eigenvalue weighted by molar-refractivity contribution is 4.70. The molecule has 84 valence electrons. The molecular weight excluding hydrogens is 180 g/mol. The van der Waals surface area contributed by atoms with Gasteiger partial charge in [0.2, 0.25) is 0 Å². The van der Waals surface area contributed by atoms with Crippen molar-refractivity contribution in [3.05, 3.63) is 0 Å². The van der Waals surface area contributed by atoms with Crippen LogP contribution >= 0.6 is 0 Å². The van der Waals surface area contributed by atoms with Gasteiger partial charge in [0, 0.05) is 13.1 Å². The predicted octanol–water partition coefficient (Wildman–Crippen LogP) is -0.191. The van der Waals surface area contributed by atoms with E-state index in [1.54, 1.807) is 0 Å². The molecule has 14 heavy (non-hydrogen) atoms. The van der Waals surface area contributed by atoms with Crippen molar-refractivity contribution in [2.45, 2.75) is 25.4 Å². The second-order valence-electron chi connectivity index (χ2n) is 3.83. The second-order valence-corrected chi connectivity index (χ2v) is 3.83. The molecule has 0 saturated carbocycles. The Labute approximate surface area is 86.0 Å². The third kappa shape index (κ3) is 4.37. The number of nitrogens with two attached hydrogens (primary N) is 1. The van der Waals surface area contributed by atoms with Gasteiger partial charge in [-0.2, -0.15) is 0 Å². The van der Waals surface area contributed by atoms with E-state index in [0.717, 1.165) is 39.2 Å². The zero-order valence-electron chi connectivity index (χ0n) is 8.82. The summed E-state index contributed by atoms with van der Waals surface area (Å²) in [4.78, 5) is 2.36. The van der Waals surface area contributed by atoms with Crippen LogP contribution in [-0.2, 0) is 4.74 Å². The largest absolute Gasteiger partial charge is 0.394 e. The summed E-state index contributed by atoms with van der Waals surface area (Å²) < 4.78 is 5.37. The number of nitrogens with zero attached hydrogens (tertiary/aromatic N) is 1. The van der Waals surface area contributed by atoms with Crippen molar-refractivity contribution in [3.63, 3.8) is 0 Å². The molecule has 0 aromatic carbocycles. The van der Waals surface area contributed by atoms with Gasteiger partial charge in [0.15, 0.2) is 0 Å². The summed E-state index contributed by atoms with van der Waals surface area (Å²) in [7, 11) is 0. The van der Waals surface area contributed by atoms with Crippen molar-refractivity contribution in [2.75, 3.05) is 39.4 Å². The fraction of sp³-hybridized carbons (Fsp3) is 1.00. The summed E-state index contributed by atoms with van der Waals surface area (Å²) >= 11 is 0. The van der Waals surface area contributed by atoms with Crippen LogP contribution in [-0.4, -0.2) is 55.5 Å². The first-order valence-corrected chi connectivity index (χ1v) is 5.51. The van der Waals surface area contributed by atoms with Gasteiger partial charge in [0.05, 0.1) is 19.3 Å². The lowest BCUT2D eigenvalue weighted by molar-refractivity contribution is -0.0529. The van der Waals surface area contributed by atoms with Gasteiger partial charge >= 0.3 is 0 Å². The fourth-order valence-electron chi connectivity index (χ4n) is 1.75. The Bertz CT molecular complexity index is 144. The molecule has 1 heterocycles. The number of rotatable bonds is 6. The van der Waals surface area contributed by atoms with Gasteiger partial charge in [-0.25, -0.2) is 0 Å². The third-order valence-corrected chi connectivity index (χ3v) is 2.61. The summed E-state index contributed by atoms with van der Waals surface area (Å²) in [5.41, 5.74) is 5.42. The molecule has 0 radical (unpaired) electrons. The van der Waals surface area contributed by atoms with E-state index in [9.17, 15) is 0 Å². The number of aliphatic hydroxyl groups excluding tert-OH is 1. The number of hydrogen-bond donors (Lipinski definition) is 2. The molecule has 1 fully saturated rings. The Balaban J connectivity index is 2.05. The summed E-state index contributed by atoms with van der Waals surface area (Å²) in [6.07, 6.45) is 3.55. The average molecular weight is 202 g/mol. The summed E-state index contributed by atoms with van der Waals surface area (Å²) in [6, 6.07) is 0. The molecule has 3 N–H and O–H groups in total. The van der Waals surface area contributed by atoms with Crippen LogP contribution in [0.4, 0.5) is 0 Å². The summed E-state index contributed by atoms with van der Waals surface area (Å²) in [6.45, 7) is 4.67. The predicted molar refractivity (Wildman–Crippen MR) is 56.2 cm³/mol. The van der Waals surface area contributed by atoms with Crippen molar-refractivity contribution >= 4 is 0 Å². The Kier molecular flexibility index (Phi) is 6.10. The zero-order chi connectivity index (χ0) is 10.2. The quantitative estimate of drug-likeness (QED) is 0.586. The molecular formula is C10H22N2O2. The average Bonchev–Trinajstić information content (AvgIpc) is 2.25. The molecule has 0 spiro atoms. The molecule has 0 bridgehead atoms. The summed E-state index contributed by atoms with van der Waals surface area (Å²) in [5, 5.41) is 8.95. The Hall–Kier alpha value is -0.160. The molecule has 1 aliphatic rings. The normalized spacial score (nSPS) is 24.0. The van der Waals surface area contributed by atoms with E-state index in [-0.39, 0.29) is 12.7 Å². The maximum Gasteiger partial charge on any atom is 0.0932 e. The van der Waals surface area contributed by atoms with Gasteiger partial charge in [-0.3, -0.25) is 4.90 Å². The molecule has 4 nitrogen and oxygen atoms in total. The van der Waals surface area contributed by atoms with Crippen LogP contribution in [0.1, 0.15) is 19.3 Å². The second kappa shape index (κ2) is 7.17. The van der Waals surface area contributed by atoms with Crippen LogP contribution in [0.3, 0.4) is 0 Å². The summed E-state index contributed by atoms with van der Waals surface area (Å²) in [5.74, 6) is 0. The van der Waals surface area contributed by atoms with Crippen LogP contribution in [0.2, 0.25) is 0 Å². The minimum absolute atomic E-state index is 0.0262. The highest BCUT2D eigenvalue weighted by atomic mass is 16.5. The molecule has 0 aromatic rings. The molecule has 1 aliphatic heterocycles. The Morgan fingerprint density at radius 3 is 2.93 bits per heavy atom. The minimum Gasteiger partial charge on any atom is -0.394 e. The van der Waals surface area contributed by atoms with Crippen LogP contribution in [0.15, 0.2) is 0 Å². The highest BCUT2D eigenvalue weighted by Crippen LogP contribution is 2.06. The maximum atomic E-state index is 8.95. The molecule has 4 heteroatoms. The van der Waals surface area contributed by atoms with Gasteiger partial charge in [0.25, 0.3) is 0 Å². The standard InChI is InChI=1S/C10H22N2O2/c11-4-2-1-3-5-12-6-7-14-10(8-12)9-13/h10,13H,1-9,11H2.